The van der Waals surface area contributed by atoms with Crippen LogP contribution in [0.3, 0.4) is 0 Å². The van der Waals surface area contributed by atoms with Crippen molar-refractivity contribution in [3.05, 3.63) is 68.8 Å². The van der Waals surface area contributed by atoms with Gasteiger partial charge < -0.3 is 4.90 Å². The van der Waals surface area contributed by atoms with Gasteiger partial charge >= 0.3 is 0 Å². The van der Waals surface area contributed by atoms with Crippen molar-refractivity contribution in [1.82, 2.24) is 4.98 Å². The standard InChI is InChI=1S/C18H17Cl2N5/c19-15-4-3-14(6-16(15)20)25-10-18(11-25)7-13(8-18)17(23-24-21)12-2-1-5-22-9-12/h1-6,9,13,17H,7-8,10-11H2. The Kier molecular flexibility index (Phi) is 4.24. The van der Waals surface area contributed by atoms with Crippen LogP contribution >= 0.6 is 23.2 Å². The van der Waals surface area contributed by atoms with E-state index in [-0.39, 0.29) is 6.04 Å². The normalized spacial score (nSPS) is 19.7. The van der Waals surface area contributed by atoms with Gasteiger partial charge in [-0.05, 0) is 54.1 Å². The van der Waals surface area contributed by atoms with Gasteiger partial charge in [-0.1, -0.05) is 34.4 Å². The Morgan fingerprint density at radius 3 is 2.68 bits per heavy atom. The summed E-state index contributed by atoms with van der Waals surface area (Å²) in [6.07, 6.45) is 5.68. The van der Waals surface area contributed by atoms with Crippen molar-refractivity contribution in [3.8, 4) is 0 Å². The van der Waals surface area contributed by atoms with E-state index in [1.807, 2.05) is 30.3 Å². The van der Waals surface area contributed by atoms with E-state index < -0.39 is 0 Å². The highest BCUT2D eigenvalue weighted by molar-refractivity contribution is 6.42. The highest BCUT2D eigenvalue weighted by atomic mass is 35.5. The molecule has 25 heavy (non-hydrogen) atoms. The van der Waals surface area contributed by atoms with Gasteiger partial charge in [-0.25, -0.2) is 0 Å². The smallest absolute Gasteiger partial charge is 0.0669 e. The van der Waals surface area contributed by atoms with Gasteiger partial charge in [0.1, 0.15) is 0 Å². The molecule has 0 N–H and O–H groups in total. The minimum atomic E-state index is -0.122. The predicted octanol–water partition coefficient (Wildman–Crippen LogP) is 5.66. The Morgan fingerprint density at radius 1 is 1.24 bits per heavy atom. The minimum Gasteiger partial charge on any atom is -0.370 e. The summed E-state index contributed by atoms with van der Waals surface area (Å²) in [6, 6.07) is 9.52. The molecule has 2 aliphatic rings. The third kappa shape index (κ3) is 3.04. The Morgan fingerprint density at radius 2 is 2.04 bits per heavy atom. The van der Waals surface area contributed by atoms with Gasteiger partial charge in [-0.2, -0.15) is 0 Å². The largest absolute Gasteiger partial charge is 0.370 e. The van der Waals surface area contributed by atoms with Gasteiger partial charge in [0.2, 0.25) is 0 Å². The first kappa shape index (κ1) is 16.5. The van der Waals surface area contributed by atoms with Crippen LogP contribution in [-0.4, -0.2) is 18.1 Å². The van der Waals surface area contributed by atoms with E-state index >= 15 is 0 Å². The topological polar surface area (TPSA) is 64.9 Å². The number of hydrogen-bond donors (Lipinski definition) is 0. The van der Waals surface area contributed by atoms with Crippen molar-refractivity contribution < 1.29 is 0 Å². The Labute approximate surface area is 156 Å². The highest BCUT2D eigenvalue weighted by Crippen LogP contribution is 2.57. The fourth-order valence-corrected chi connectivity index (χ4v) is 4.49. The number of aromatic nitrogens is 1. The molecule has 2 fully saturated rings. The first-order chi connectivity index (χ1) is 12.1. The molecule has 1 spiro atoms. The molecule has 2 aromatic rings. The number of azide groups is 1. The van der Waals surface area contributed by atoms with Crippen LogP contribution in [0.15, 0.2) is 47.8 Å². The lowest BCUT2D eigenvalue weighted by Gasteiger charge is -2.61. The number of benzene rings is 1. The first-order valence-corrected chi connectivity index (χ1v) is 9.00. The minimum absolute atomic E-state index is 0.122. The zero-order chi connectivity index (χ0) is 17.4. The number of anilines is 1. The monoisotopic (exact) mass is 373 g/mol. The van der Waals surface area contributed by atoms with Crippen molar-refractivity contribution in [1.29, 1.82) is 0 Å². The molecule has 7 heteroatoms. The molecule has 0 amide bonds. The molecule has 1 aliphatic carbocycles. The second-order valence-corrected chi connectivity index (χ2v) is 7.87. The lowest BCUT2D eigenvalue weighted by atomic mass is 9.55. The summed E-state index contributed by atoms with van der Waals surface area (Å²) in [5.41, 5.74) is 11.4. The summed E-state index contributed by atoms with van der Waals surface area (Å²) in [6.45, 7) is 2.02. The average Bonchev–Trinajstić information content (AvgIpc) is 2.55. The van der Waals surface area contributed by atoms with Crippen LogP contribution < -0.4 is 4.90 Å². The molecular weight excluding hydrogens is 357 g/mol. The van der Waals surface area contributed by atoms with Crippen LogP contribution in [0.1, 0.15) is 24.4 Å². The van der Waals surface area contributed by atoms with Crippen LogP contribution in [0.5, 0.6) is 0 Å². The molecule has 1 atom stereocenters. The molecule has 1 aliphatic heterocycles. The van der Waals surface area contributed by atoms with Crippen LogP contribution in [0, 0.1) is 11.3 Å². The van der Waals surface area contributed by atoms with E-state index in [0.717, 1.165) is 37.2 Å². The number of hydrogen-bond acceptors (Lipinski definition) is 3. The molecule has 1 aromatic carbocycles. The lowest BCUT2D eigenvalue weighted by Crippen LogP contribution is -2.63. The summed E-state index contributed by atoms with van der Waals surface area (Å²) in [7, 11) is 0. The van der Waals surface area contributed by atoms with Crippen molar-refractivity contribution >= 4 is 28.9 Å². The SMILES string of the molecule is [N-]=[N+]=NC(c1cccnc1)C1CC2(C1)CN(c1ccc(Cl)c(Cl)c1)C2. The van der Waals surface area contributed by atoms with E-state index in [1.54, 1.807) is 12.4 Å². The van der Waals surface area contributed by atoms with Gasteiger partial charge in [0.25, 0.3) is 0 Å². The summed E-state index contributed by atoms with van der Waals surface area (Å²) < 4.78 is 0. The molecule has 128 valence electrons. The maximum absolute atomic E-state index is 8.91. The lowest BCUT2D eigenvalue weighted by molar-refractivity contribution is 0.00969. The van der Waals surface area contributed by atoms with Gasteiger partial charge in [0.15, 0.2) is 0 Å². The number of halogens is 2. The number of nitrogens with zero attached hydrogens (tertiary/aromatic N) is 5. The molecule has 1 unspecified atom stereocenters. The maximum Gasteiger partial charge on any atom is 0.0669 e. The van der Waals surface area contributed by atoms with Crippen molar-refractivity contribution in [2.45, 2.75) is 18.9 Å². The number of rotatable bonds is 4. The quantitative estimate of drug-likeness (QED) is 0.394. The molecular formula is C18H17Cl2N5. The van der Waals surface area contributed by atoms with E-state index in [0.29, 0.717) is 21.4 Å². The van der Waals surface area contributed by atoms with Gasteiger partial charge in [0.05, 0.1) is 16.1 Å². The van der Waals surface area contributed by atoms with Crippen LogP contribution in [0.25, 0.3) is 10.4 Å². The van der Waals surface area contributed by atoms with Crippen molar-refractivity contribution in [2.24, 2.45) is 16.4 Å². The molecule has 0 radical (unpaired) electrons. The summed E-state index contributed by atoms with van der Waals surface area (Å²) in [4.78, 5) is 9.52. The van der Waals surface area contributed by atoms with Crippen LogP contribution in [0.2, 0.25) is 10.0 Å². The second kappa shape index (κ2) is 6.41. The molecule has 4 rings (SSSR count). The van der Waals surface area contributed by atoms with Crippen LogP contribution in [-0.2, 0) is 0 Å². The van der Waals surface area contributed by atoms with Crippen LogP contribution in [0.4, 0.5) is 5.69 Å². The number of pyridine rings is 1. The van der Waals surface area contributed by atoms with Crippen molar-refractivity contribution in [2.75, 3.05) is 18.0 Å². The predicted molar refractivity (Wildman–Crippen MR) is 100.0 cm³/mol. The van der Waals surface area contributed by atoms with Gasteiger partial charge in [-0.3, -0.25) is 4.98 Å². The summed E-state index contributed by atoms with van der Waals surface area (Å²) in [5.74, 6) is 0.385. The van der Waals surface area contributed by atoms with E-state index in [4.69, 9.17) is 28.7 Å². The molecule has 1 saturated carbocycles. The van der Waals surface area contributed by atoms with E-state index in [1.165, 1.54) is 0 Å². The summed E-state index contributed by atoms with van der Waals surface area (Å²) >= 11 is 12.1. The molecule has 1 aromatic heterocycles. The van der Waals surface area contributed by atoms with Gasteiger partial charge in [-0.15, -0.1) is 0 Å². The Hall–Kier alpha value is -1.94. The zero-order valence-electron chi connectivity index (χ0n) is 13.5. The molecule has 5 nitrogen and oxygen atoms in total. The third-order valence-corrected chi connectivity index (χ3v) is 6.10. The molecule has 0 bridgehead atoms. The molecule has 2 heterocycles. The van der Waals surface area contributed by atoms with E-state index in [9.17, 15) is 0 Å². The Balaban J connectivity index is 1.40. The first-order valence-electron chi connectivity index (χ1n) is 8.24. The summed E-state index contributed by atoms with van der Waals surface area (Å²) in [5, 5.41) is 5.20. The fourth-order valence-electron chi connectivity index (χ4n) is 4.20. The fraction of sp³-hybridized carbons (Fsp3) is 0.389. The Bertz CT molecular complexity index is 821. The average molecular weight is 374 g/mol. The van der Waals surface area contributed by atoms with Gasteiger partial charge in [0, 0.05) is 41.5 Å². The second-order valence-electron chi connectivity index (χ2n) is 7.06. The van der Waals surface area contributed by atoms with E-state index in [2.05, 4.69) is 19.9 Å². The third-order valence-electron chi connectivity index (χ3n) is 5.36. The van der Waals surface area contributed by atoms with Crippen molar-refractivity contribution in [3.63, 3.8) is 0 Å². The zero-order valence-corrected chi connectivity index (χ0v) is 15.0. The highest BCUT2D eigenvalue weighted by Gasteiger charge is 2.54. The maximum atomic E-state index is 8.91. The molecule has 1 saturated heterocycles.